The molecule has 0 unspecified atom stereocenters. The minimum Gasteiger partial charge on any atom is -0.366 e. The molecule has 132 valence electrons. The van der Waals surface area contributed by atoms with Gasteiger partial charge in [-0.05, 0) is 29.2 Å². The largest absolute Gasteiger partial charge is 0.366 e. The predicted molar refractivity (Wildman–Crippen MR) is 99.1 cm³/mol. The van der Waals surface area contributed by atoms with Gasteiger partial charge in [-0.15, -0.1) is 0 Å². The van der Waals surface area contributed by atoms with E-state index in [1.807, 2.05) is 47.4 Å². The summed E-state index contributed by atoms with van der Waals surface area (Å²) in [5.74, 6) is 0.403. The fraction of sp³-hybridized carbons (Fsp3) is 0.381. The SMILES string of the molecule is CC(C)[C@H]1CN(C(=O)c2ccc(CN)cc2)C[C@@H](c2ccccc2)O1. The van der Waals surface area contributed by atoms with Crippen molar-refractivity contribution in [2.45, 2.75) is 32.6 Å². The van der Waals surface area contributed by atoms with Crippen LogP contribution in [0.5, 0.6) is 0 Å². The molecule has 2 N–H and O–H groups in total. The van der Waals surface area contributed by atoms with Crippen molar-refractivity contribution in [1.82, 2.24) is 4.90 Å². The molecule has 25 heavy (non-hydrogen) atoms. The highest BCUT2D eigenvalue weighted by Crippen LogP contribution is 2.29. The predicted octanol–water partition coefficient (Wildman–Crippen LogP) is 3.38. The van der Waals surface area contributed by atoms with Gasteiger partial charge in [0.05, 0.1) is 12.6 Å². The standard InChI is InChI=1S/C21H26N2O2/c1-15(2)19-13-23(14-20(25-19)17-6-4-3-5-7-17)21(24)18-10-8-16(12-22)9-11-18/h3-11,15,19-20H,12-14,22H2,1-2H3/t19-,20+/m1/s1. The van der Waals surface area contributed by atoms with Crippen molar-refractivity contribution in [1.29, 1.82) is 0 Å². The van der Waals surface area contributed by atoms with E-state index in [0.717, 1.165) is 11.1 Å². The van der Waals surface area contributed by atoms with E-state index in [4.69, 9.17) is 10.5 Å². The number of carbonyl (C=O) groups excluding carboxylic acids is 1. The van der Waals surface area contributed by atoms with E-state index in [2.05, 4.69) is 26.0 Å². The van der Waals surface area contributed by atoms with E-state index in [0.29, 0.717) is 31.1 Å². The molecular weight excluding hydrogens is 312 g/mol. The number of nitrogens with two attached hydrogens (primary N) is 1. The maximum Gasteiger partial charge on any atom is 0.254 e. The molecule has 0 spiro atoms. The molecule has 1 fully saturated rings. The van der Waals surface area contributed by atoms with E-state index in [9.17, 15) is 4.79 Å². The summed E-state index contributed by atoms with van der Waals surface area (Å²) in [4.78, 5) is 14.9. The summed E-state index contributed by atoms with van der Waals surface area (Å²) in [5.41, 5.74) is 8.49. The first-order valence-electron chi connectivity index (χ1n) is 8.87. The van der Waals surface area contributed by atoms with E-state index in [1.165, 1.54) is 0 Å². The average Bonchev–Trinajstić information content (AvgIpc) is 2.67. The van der Waals surface area contributed by atoms with E-state index in [1.54, 1.807) is 0 Å². The van der Waals surface area contributed by atoms with Crippen LogP contribution in [0.2, 0.25) is 0 Å². The minimum absolute atomic E-state index is 0.0335. The number of carbonyl (C=O) groups is 1. The molecular formula is C21H26N2O2. The number of amides is 1. The molecule has 1 aliphatic rings. The zero-order valence-corrected chi connectivity index (χ0v) is 14.9. The summed E-state index contributed by atoms with van der Waals surface area (Å²) in [6, 6.07) is 17.7. The highest BCUT2D eigenvalue weighted by atomic mass is 16.5. The van der Waals surface area contributed by atoms with E-state index >= 15 is 0 Å². The fourth-order valence-electron chi connectivity index (χ4n) is 3.14. The molecule has 2 aromatic carbocycles. The Kier molecular flexibility index (Phi) is 5.51. The number of rotatable bonds is 4. The Bertz CT molecular complexity index is 698. The molecule has 1 aliphatic heterocycles. The van der Waals surface area contributed by atoms with Crippen molar-refractivity contribution < 1.29 is 9.53 Å². The summed E-state index contributed by atoms with van der Waals surface area (Å²) in [7, 11) is 0. The molecule has 0 saturated carbocycles. The average molecular weight is 338 g/mol. The van der Waals surface area contributed by atoms with Gasteiger partial charge in [-0.25, -0.2) is 0 Å². The van der Waals surface area contributed by atoms with Gasteiger partial charge in [0.2, 0.25) is 0 Å². The van der Waals surface area contributed by atoms with Crippen molar-refractivity contribution in [2.24, 2.45) is 11.7 Å². The zero-order chi connectivity index (χ0) is 17.8. The number of benzene rings is 2. The smallest absolute Gasteiger partial charge is 0.254 e. The van der Waals surface area contributed by atoms with Crippen molar-refractivity contribution >= 4 is 5.91 Å². The third kappa shape index (κ3) is 4.09. The molecule has 0 aliphatic carbocycles. The molecule has 2 aromatic rings. The first kappa shape index (κ1) is 17.6. The molecule has 0 bridgehead atoms. The van der Waals surface area contributed by atoms with Gasteiger partial charge in [0, 0.05) is 18.7 Å². The lowest BCUT2D eigenvalue weighted by atomic mass is 10.00. The van der Waals surface area contributed by atoms with Gasteiger partial charge in [0.15, 0.2) is 0 Å². The second-order valence-electron chi connectivity index (χ2n) is 6.93. The second-order valence-corrected chi connectivity index (χ2v) is 6.93. The molecule has 4 nitrogen and oxygen atoms in total. The van der Waals surface area contributed by atoms with Crippen LogP contribution in [0.1, 0.15) is 41.4 Å². The first-order chi connectivity index (χ1) is 12.1. The van der Waals surface area contributed by atoms with Gasteiger partial charge >= 0.3 is 0 Å². The van der Waals surface area contributed by atoms with Gasteiger partial charge in [0.1, 0.15) is 6.10 Å². The van der Waals surface area contributed by atoms with Crippen molar-refractivity contribution in [2.75, 3.05) is 13.1 Å². The molecule has 0 radical (unpaired) electrons. The van der Waals surface area contributed by atoms with Crippen LogP contribution in [0.15, 0.2) is 54.6 Å². The fourth-order valence-corrected chi connectivity index (χ4v) is 3.14. The monoisotopic (exact) mass is 338 g/mol. The van der Waals surface area contributed by atoms with Crippen molar-refractivity contribution in [3.8, 4) is 0 Å². The van der Waals surface area contributed by atoms with Crippen LogP contribution in [-0.4, -0.2) is 30.0 Å². The Hall–Kier alpha value is -2.17. The topological polar surface area (TPSA) is 55.6 Å². The van der Waals surface area contributed by atoms with Crippen LogP contribution >= 0.6 is 0 Å². The molecule has 0 aromatic heterocycles. The molecule has 1 amide bonds. The number of nitrogens with zero attached hydrogens (tertiary/aromatic N) is 1. The maximum absolute atomic E-state index is 13.0. The second kappa shape index (κ2) is 7.81. The van der Waals surface area contributed by atoms with Crippen LogP contribution < -0.4 is 5.73 Å². The molecule has 4 heteroatoms. The van der Waals surface area contributed by atoms with Gasteiger partial charge < -0.3 is 15.4 Å². The molecule has 2 atom stereocenters. The summed E-state index contributed by atoms with van der Waals surface area (Å²) in [5, 5.41) is 0. The van der Waals surface area contributed by atoms with Crippen LogP contribution in [0, 0.1) is 5.92 Å². The molecule has 1 saturated heterocycles. The third-order valence-corrected chi connectivity index (χ3v) is 4.76. The van der Waals surface area contributed by atoms with Crippen LogP contribution in [0.3, 0.4) is 0 Å². The normalized spacial score (nSPS) is 20.7. The lowest BCUT2D eigenvalue weighted by Gasteiger charge is -2.40. The third-order valence-electron chi connectivity index (χ3n) is 4.76. The number of morpholine rings is 1. The Morgan fingerprint density at radius 1 is 1.12 bits per heavy atom. The molecule has 1 heterocycles. The van der Waals surface area contributed by atoms with Gasteiger partial charge in [-0.2, -0.15) is 0 Å². The van der Waals surface area contributed by atoms with E-state index in [-0.39, 0.29) is 18.1 Å². The zero-order valence-electron chi connectivity index (χ0n) is 14.9. The highest BCUT2D eigenvalue weighted by molar-refractivity contribution is 5.94. The number of ether oxygens (including phenoxy) is 1. The van der Waals surface area contributed by atoms with Crippen LogP contribution in [-0.2, 0) is 11.3 Å². The summed E-state index contributed by atoms with van der Waals surface area (Å²) in [6.07, 6.45) is -0.0548. The number of hydrogen-bond acceptors (Lipinski definition) is 3. The van der Waals surface area contributed by atoms with Gasteiger partial charge in [-0.1, -0.05) is 56.3 Å². The lowest BCUT2D eigenvalue weighted by Crippen LogP contribution is -2.48. The van der Waals surface area contributed by atoms with Crippen molar-refractivity contribution in [3.63, 3.8) is 0 Å². The van der Waals surface area contributed by atoms with Gasteiger partial charge in [0.25, 0.3) is 5.91 Å². The Morgan fingerprint density at radius 3 is 2.40 bits per heavy atom. The number of hydrogen-bond donors (Lipinski definition) is 1. The van der Waals surface area contributed by atoms with Gasteiger partial charge in [-0.3, -0.25) is 4.79 Å². The summed E-state index contributed by atoms with van der Waals surface area (Å²) >= 11 is 0. The highest BCUT2D eigenvalue weighted by Gasteiger charge is 2.33. The van der Waals surface area contributed by atoms with Crippen LogP contribution in [0.25, 0.3) is 0 Å². The quantitative estimate of drug-likeness (QED) is 0.930. The van der Waals surface area contributed by atoms with E-state index < -0.39 is 0 Å². The lowest BCUT2D eigenvalue weighted by molar-refractivity contribution is -0.0954. The van der Waals surface area contributed by atoms with Crippen LogP contribution in [0.4, 0.5) is 0 Å². The Labute approximate surface area is 149 Å². The summed E-state index contributed by atoms with van der Waals surface area (Å²) in [6.45, 7) is 5.95. The summed E-state index contributed by atoms with van der Waals surface area (Å²) < 4.78 is 6.28. The maximum atomic E-state index is 13.0. The minimum atomic E-state index is -0.0883. The first-order valence-corrected chi connectivity index (χ1v) is 8.87. The van der Waals surface area contributed by atoms with Crippen molar-refractivity contribution in [3.05, 3.63) is 71.3 Å². The Morgan fingerprint density at radius 2 is 1.80 bits per heavy atom. The Balaban J connectivity index is 1.82. The molecule has 3 rings (SSSR count).